The molecule has 0 amide bonds. The number of rotatable bonds is 5. The van der Waals surface area contributed by atoms with Crippen molar-refractivity contribution in [3.8, 4) is 10.6 Å². The molecule has 0 aliphatic carbocycles. The van der Waals surface area contributed by atoms with E-state index in [2.05, 4.69) is 34.3 Å². The molecule has 7 heteroatoms. The van der Waals surface area contributed by atoms with Crippen molar-refractivity contribution in [2.75, 3.05) is 13.2 Å². The lowest BCUT2D eigenvalue weighted by atomic mass is 10.2. The maximum absolute atomic E-state index is 5.69. The Labute approximate surface area is 173 Å². The summed E-state index contributed by atoms with van der Waals surface area (Å²) in [5, 5.41) is 4.33. The number of thiazole rings is 2. The van der Waals surface area contributed by atoms with Crippen LogP contribution in [0, 0.1) is 13.8 Å². The van der Waals surface area contributed by atoms with Gasteiger partial charge in [0.1, 0.15) is 0 Å². The Balaban J connectivity index is 1.25. The van der Waals surface area contributed by atoms with E-state index < -0.39 is 0 Å². The van der Waals surface area contributed by atoms with E-state index in [1.807, 2.05) is 13.1 Å². The van der Waals surface area contributed by atoms with E-state index in [0.717, 1.165) is 53.3 Å². The number of nitrogens with zero attached hydrogens (tertiary/aromatic N) is 4. The minimum Gasteiger partial charge on any atom is -0.378 e. The third kappa shape index (κ3) is 3.64. The van der Waals surface area contributed by atoms with Gasteiger partial charge in [-0.05, 0) is 38.3 Å². The zero-order valence-corrected chi connectivity index (χ0v) is 17.9. The summed E-state index contributed by atoms with van der Waals surface area (Å²) < 4.78 is 5.69. The van der Waals surface area contributed by atoms with Gasteiger partial charge in [-0.1, -0.05) is 6.07 Å². The van der Waals surface area contributed by atoms with Crippen LogP contribution in [-0.2, 0) is 17.7 Å². The van der Waals surface area contributed by atoms with Gasteiger partial charge in [0.15, 0.2) is 0 Å². The molecule has 0 spiro atoms. The Kier molecular flexibility index (Phi) is 5.00. The van der Waals surface area contributed by atoms with Crippen LogP contribution in [-0.4, -0.2) is 45.1 Å². The first-order chi connectivity index (χ1) is 13.7. The molecule has 2 saturated heterocycles. The van der Waals surface area contributed by atoms with Gasteiger partial charge in [-0.3, -0.25) is 9.88 Å². The third-order valence-electron chi connectivity index (χ3n) is 5.66. The first-order valence-electron chi connectivity index (χ1n) is 9.82. The molecule has 28 heavy (non-hydrogen) atoms. The first kappa shape index (κ1) is 18.4. The van der Waals surface area contributed by atoms with Gasteiger partial charge in [-0.25, -0.2) is 9.97 Å². The van der Waals surface area contributed by atoms with E-state index >= 15 is 0 Å². The third-order valence-corrected chi connectivity index (χ3v) is 7.61. The fraction of sp³-hybridized carbons (Fsp3) is 0.476. The minimum absolute atomic E-state index is 0.589. The summed E-state index contributed by atoms with van der Waals surface area (Å²) in [6.07, 6.45) is 5.35. The molecule has 5 rings (SSSR count). The molecule has 3 aromatic rings. The van der Waals surface area contributed by atoms with Crippen LogP contribution < -0.4 is 0 Å². The Morgan fingerprint density at radius 3 is 2.64 bits per heavy atom. The molecule has 2 atom stereocenters. The Hall–Kier alpha value is -1.67. The second-order valence-corrected chi connectivity index (χ2v) is 9.85. The maximum Gasteiger partial charge on any atom is 0.0992 e. The molecule has 5 heterocycles. The van der Waals surface area contributed by atoms with Crippen LogP contribution in [0.2, 0.25) is 0 Å². The molecule has 2 bridgehead atoms. The average molecular weight is 413 g/mol. The van der Waals surface area contributed by atoms with E-state index in [4.69, 9.17) is 14.7 Å². The van der Waals surface area contributed by atoms with Crippen molar-refractivity contribution in [1.29, 1.82) is 0 Å². The molecule has 0 aromatic carbocycles. The second kappa shape index (κ2) is 7.63. The number of ether oxygens (including phenoxy) is 1. The predicted octanol–water partition coefficient (Wildman–Crippen LogP) is 4.23. The number of morpholine rings is 1. The molecular formula is C21H24N4OS2. The fourth-order valence-electron chi connectivity index (χ4n) is 4.26. The van der Waals surface area contributed by atoms with E-state index in [1.165, 1.54) is 23.3 Å². The fourth-order valence-corrected chi connectivity index (χ4v) is 6.01. The number of hydrogen-bond acceptors (Lipinski definition) is 7. The number of aryl methyl sites for hydroxylation is 2. The van der Waals surface area contributed by atoms with E-state index in [0.29, 0.717) is 12.1 Å². The summed E-state index contributed by atoms with van der Waals surface area (Å²) in [4.78, 5) is 17.8. The molecule has 0 radical (unpaired) electrons. The van der Waals surface area contributed by atoms with Crippen LogP contribution >= 0.6 is 22.7 Å². The van der Waals surface area contributed by atoms with Crippen molar-refractivity contribution < 1.29 is 4.74 Å². The Morgan fingerprint density at radius 2 is 1.96 bits per heavy atom. The normalized spacial score (nSPS) is 22.1. The largest absolute Gasteiger partial charge is 0.378 e. The van der Waals surface area contributed by atoms with Gasteiger partial charge in [0.2, 0.25) is 0 Å². The topological polar surface area (TPSA) is 51.1 Å². The van der Waals surface area contributed by atoms with Crippen LogP contribution in [0.15, 0.2) is 23.7 Å². The Morgan fingerprint density at radius 1 is 1.14 bits per heavy atom. The van der Waals surface area contributed by atoms with Crippen LogP contribution in [0.5, 0.6) is 0 Å². The number of hydrogen-bond donors (Lipinski definition) is 0. The van der Waals surface area contributed by atoms with Crippen molar-refractivity contribution in [1.82, 2.24) is 19.9 Å². The molecule has 2 aliphatic heterocycles. The van der Waals surface area contributed by atoms with Gasteiger partial charge in [0.05, 0.1) is 39.5 Å². The summed E-state index contributed by atoms with van der Waals surface area (Å²) in [6, 6.07) is 5.56. The van der Waals surface area contributed by atoms with Crippen LogP contribution in [0.4, 0.5) is 0 Å². The van der Waals surface area contributed by atoms with Crippen molar-refractivity contribution >= 4 is 22.7 Å². The summed E-state index contributed by atoms with van der Waals surface area (Å²) in [5.41, 5.74) is 4.48. The lowest BCUT2D eigenvalue weighted by Gasteiger charge is -2.34. The maximum atomic E-state index is 5.69. The molecule has 0 saturated carbocycles. The van der Waals surface area contributed by atoms with Gasteiger partial charge >= 0.3 is 0 Å². The van der Waals surface area contributed by atoms with Crippen molar-refractivity contribution in [3.05, 3.63) is 50.7 Å². The summed E-state index contributed by atoms with van der Waals surface area (Å²) >= 11 is 3.42. The zero-order valence-electron chi connectivity index (χ0n) is 16.2. The number of fused-ring (bicyclic) bond motifs is 2. The highest BCUT2D eigenvalue weighted by Gasteiger charge is 2.37. The molecule has 5 nitrogen and oxygen atoms in total. The monoisotopic (exact) mass is 412 g/mol. The van der Waals surface area contributed by atoms with Gasteiger partial charge in [0, 0.05) is 42.3 Å². The zero-order chi connectivity index (χ0) is 19.1. The standard InChI is InChI=1S/C21H24N4OS2/c1-13-21(28-14(2)23-13)19-12-27-20(24-19)7-16-4-3-15(8-22-16)9-25-17-5-6-18(25)11-26-10-17/h3-4,8,12,17-18H,5-7,9-11H2,1-2H3/t17-,18+. The summed E-state index contributed by atoms with van der Waals surface area (Å²) in [6.45, 7) is 6.85. The summed E-state index contributed by atoms with van der Waals surface area (Å²) in [5.74, 6) is 0. The average Bonchev–Trinajstić information content (AvgIpc) is 3.32. The van der Waals surface area contributed by atoms with Gasteiger partial charge < -0.3 is 4.74 Å². The highest BCUT2D eigenvalue weighted by Crippen LogP contribution is 2.32. The van der Waals surface area contributed by atoms with Crippen molar-refractivity contribution in [2.45, 2.75) is 51.7 Å². The smallest absolute Gasteiger partial charge is 0.0992 e. The van der Waals surface area contributed by atoms with E-state index in [-0.39, 0.29) is 0 Å². The van der Waals surface area contributed by atoms with E-state index in [9.17, 15) is 0 Å². The Bertz CT molecular complexity index is 949. The molecule has 2 aliphatic rings. The quantitative estimate of drug-likeness (QED) is 0.628. The SMILES string of the molecule is Cc1nc(C)c(-c2csc(Cc3ccc(CN4[C@@H]5CC[C@H]4COC5)cn3)n2)s1. The van der Waals surface area contributed by atoms with Crippen LogP contribution in [0.3, 0.4) is 0 Å². The highest BCUT2D eigenvalue weighted by atomic mass is 32.1. The number of aromatic nitrogens is 3. The lowest BCUT2D eigenvalue weighted by molar-refractivity contribution is -0.0187. The molecule has 146 valence electrons. The molecule has 3 aromatic heterocycles. The van der Waals surface area contributed by atoms with Gasteiger partial charge in [0.25, 0.3) is 0 Å². The van der Waals surface area contributed by atoms with Crippen LogP contribution in [0.1, 0.15) is 39.8 Å². The molecular weight excluding hydrogens is 388 g/mol. The lowest BCUT2D eigenvalue weighted by Crippen LogP contribution is -2.45. The molecule has 2 fully saturated rings. The highest BCUT2D eigenvalue weighted by molar-refractivity contribution is 7.15. The van der Waals surface area contributed by atoms with Crippen LogP contribution in [0.25, 0.3) is 10.6 Å². The molecule has 0 N–H and O–H groups in total. The minimum atomic E-state index is 0.589. The first-order valence-corrected chi connectivity index (χ1v) is 11.5. The second-order valence-electron chi connectivity index (χ2n) is 7.70. The van der Waals surface area contributed by atoms with Crippen molar-refractivity contribution in [3.63, 3.8) is 0 Å². The molecule has 0 unspecified atom stereocenters. The van der Waals surface area contributed by atoms with Gasteiger partial charge in [-0.2, -0.15) is 0 Å². The summed E-state index contributed by atoms with van der Waals surface area (Å²) in [7, 11) is 0. The number of pyridine rings is 1. The van der Waals surface area contributed by atoms with Crippen molar-refractivity contribution in [2.24, 2.45) is 0 Å². The van der Waals surface area contributed by atoms with E-state index in [1.54, 1.807) is 22.7 Å². The predicted molar refractivity (Wildman–Crippen MR) is 113 cm³/mol. The van der Waals surface area contributed by atoms with Gasteiger partial charge in [-0.15, -0.1) is 22.7 Å².